The topological polar surface area (TPSA) is 67.9 Å². The number of hydrogen-bond donors (Lipinski definition) is 1. The quantitative estimate of drug-likeness (QED) is 0.372. The Labute approximate surface area is 216 Å². The maximum absolute atomic E-state index is 13.1. The van der Waals surface area contributed by atoms with Gasteiger partial charge in [0.05, 0.1) is 12.0 Å². The van der Waals surface area contributed by atoms with Gasteiger partial charge in [-0.25, -0.2) is 0 Å². The summed E-state index contributed by atoms with van der Waals surface area (Å²) < 4.78 is 11.8. The third-order valence-corrected chi connectivity index (χ3v) is 7.73. The second-order valence-corrected chi connectivity index (χ2v) is 10.6. The minimum Gasteiger partial charge on any atom is -0.493 e. The average molecular weight is 511 g/mol. The van der Waals surface area contributed by atoms with E-state index in [9.17, 15) is 9.59 Å². The number of aryl methyl sites for hydroxylation is 2. The Morgan fingerprint density at radius 2 is 1.89 bits per heavy atom. The van der Waals surface area contributed by atoms with E-state index in [1.807, 2.05) is 44.2 Å². The molecule has 0 bridgehead atoms. The van der Waals surface area contributed by atoms with E-state index in [-0.39, 0.29) is 24.5 Å². The summed E-state index contributed by atoms with van der Waals surface area (Å²) in [7, 11) is 1.55. The normalized spacial score (nSPS) is 17.7. The van der Waals surface area contributed by atoms with Crippen LogP contribution in [0.2, 0.25) is 0 Å². The van der Waals surface area contributed by atoms with Crippen molar-refractivity contribution < 1.29 is 19.1 Å². The number of carbonyl (C=O) groups excluding carboxylic acids is 2. The molecular formula is C27H30N2O4S2. The van der Waals surface area contributed by atoms with Crippen molar-refractivity contribution in [2.75, 3.05) is 19.0 Å². The first kappa shape index (κ1) is 25.3. The zero-order valence-electron chi connectivity index (χ0n) is 20.3. The van der Waals surface area contributed by atoms with Crippen LogP contribution in [0.15, 0.2) is 41.3 Å². The average Bonchev–Trinajstić information content (AvgIpc) is 3.13. The Morgan fingerprint density at radius 3 is 2.60 bits per heavy atom. The van der Waals surface area contributed by atoms with Crippen LogP contribution in [0.25, 0.3) is 6.08 Å². The van der Waals surface area contributed by atoms with Gasteiger partial charge in [0.25, 0.3) is 11.8 Å². The lowest BCUT2D eigenvalue weighted by Crippen LogP contribution is -2.39. The highest BCUT2D eigenvalue weighted by atomic mass is 32.2. The number of ether oxygens (including phenoxy) is 2. The zero-order chi connectivity index (χ0) is 24.9. The van der Waals surface area contributed by atoms with E-state index in [0.717, 1.165) is 42.5 Å². The van der Waals surface area contributed by atoms with Crippen LogP contribution >= 0.6 is 24.0 Å². The van der Waals surface area contributed by atoms with Gasteiger partial charge in [-0.2, -0.15) is 0 Å². The van der Waals surface area contributed by atoms with Gasteiger partial charge < -0.3 is 14.8 Å². The number of rotatable bonds is 7. The molecule has 6 nitrogen and oxygen atoms in total. The van der Waals surface area contributed by atoms with Crippen molar-refractivity contribution in [3.8, 4) is 11.5 Å². The lowest BCUT2D eigenvalue weighted by molar-refractivity contribution is -0.124. The van der Waals surface area contributed by atoms with Crippen LogP contribution in [0.3, 0.4) is 0 Å². The van der Waals surface area contributed by atoms with Crippen LogP contribution in [0, 0.1) is 13.8 Å². The highest BCUT2D eigenvalue weighted by molar-refractivity contribution is 8.26. The number of hydrogen-bond acceptors (Lipinski definition) is 6. The molecule has 0 atom stereocenters. The summed E-state index contributed by atoms with van der Waals surface area (Å²) in [5.74, 6) is 0.662. The van der Waals surface area contributed by atoms with E-state index in [0.29, 0.717) is 20.7 Å². The Bertz CT molecular complexity index is 1170. The van der Waals surface area contributed by atoms with Crippen molar-refractivity contribution in [1.29, 1.82) is 0 Å². The van der Waals surface area contributed by atoms with E-state index in [1.54, 1.807) is 24.1 Å². The summed E-state index contributed by atoms with van der Waals surface area (Å²) in [4.78, 5) is 27.8. The fourth-order valence-electron chi connectivity index (χ4n) is 4.34. The van der Waals surface area contributed by atoms with E-state index in [4.69, 9.17) is 21.7 Å². The molecule has 2 fully saturated rings. The second-order valence-electron chi connectivity index (χ2n) is 8.89. The summed E-state index contributed by atoms with van der Waals surface area (Å²) >= 11 is 6.87. The Kier molecular flexibility index (Phi) is 8.13. The smallest absolute Gasteiger partial charge is 0.266 e. The molecule has 1 N–H and O–H groups in total. The molecule has 184 valence electrons. The molecule has 35 heavy (non-hydrogen) atoms. The summed E-state index contributed by atoms with van der Waals surface area (Å²) in [6.07, 6.45) is 7.36. The van der Waals surface area contributed by atoms with Gasteiger partial charge in [-0.3, -0.25) is 14.5 Å². The standard InChI is InChI=1S/C27H30N2O4S2/c1-17-9-11-20(13-18(17)2)28-25(30)16-33-22-12-10-19(14-23(22)32-3)15-24-26(31)29(27(34)35-24)21-7-5-4-6-8-21/h9-15,21H,4-8,16H2,1-3H3,(H,28,30)/b24-15-. The number of methoxy groups -OCH3 is 1. The highest BCUT2D eigenvalue weighted by Crippen LogP contribution is 2.38. The van der Waals surface area contributed by atoms with Gasteiger partial charge in [-0.05, 0) is 73.7 Å². The number of thiocarbonyl (C=S) groups is 1. The van der Waals surface area contributed by atoms with Crippen LogP contribution in [-0.2, 0) is 9.59 Å². The summed E-state index contributed by atoms with van der Waals surface area (Å²) in [6, 6.07) is 11.4. The predicted octanol–water partition coefficient (Wildman–Crippen LogP) is 5.86. The van der Waals surface area contributed by atoms with Crippen LogP contribution in [0.5, 0.6) is 11.5 Å². The third kappa shape index (κ3) is 6.05. The van der Waals surface area contributed by atoms with Crippen molar-refractivity contribution >= 4 is 51.9 Å². The van der Waals surface area contributed by atoms with Gasteiger partial charge >= 0.3 is 0 Å². The fourth-order valence-corrected chi connectivity index (χ4v) is 5.74. The van der Waals surface area contributed by atoms with Crippen molar-refractivity contribution in [2.24, 2.45) is 0 Å². The van der Waals surface area contributed by atoms with Crippen LogP contribution < -0.4 is 14.8 Å². The van der Waals surface area contributed by atoms with Crippen LogP contribution in [-0.4, -0.2) is 40.8 Å². The van der Waals surface area contributed by atoms with Crippen LogP contribution in [0.1, 0.15) is 48.8 Å². The Balaban J connectivity index is 1.41. The van der Waals surface area contributed by atoms with Crippen molar-refractivity contribution in [2.45, 2.75) is 52.0 Å². The summed E-state index contributed by atoms with van der Waals surface area (Å²) in [6.45, 7) is 3.88. The molecule has 0 radical (unpaired) electrons. The molecule has 0 aromatic heterocycles. The highest BCUT2D eigenvalue weighted by Gasteiger charge is 2.37. The second kappa shape index (κ2) is 11.3. The van der Waals surface area contributed by atoms with Gasteiger partial charge in [0.2, 0.25) is 0 Å². The first-order valence-corrected chi connectivity index (χ1v) is 13.0. The van der Waals surface area contributed by atoms with E-state index in [1.165, 1.54) is 23.7 Å². The molecule has 1 aliphatic carbocycles. The number of thioether (sulfide) groups is 1. The summed E-state index contributed by atoms with van der Waals surface area (Å²) in [5, 5.41) is 2.85. The lowest BCUT2D eigenvalue weighted by Gasteiger charge is -2.29. The van der Waals surface area contributed by atoms with Gasteiger partial charge in [0.1, 0.15) is 4.32 Å². The number of nitrogens with zero attached hydrogens (tertiary/aromatic N) is 1. The van der Waals surface area contributed by atoms with Gasteiger partial charge in [0.15, 0.2) is 18.1 Å². The monoisotopic (exact) mass is 510 g/mol. The number of carbonyl (C=O) groups is 2. The first-order chi connectivity index (χ1) is 16.9. The number of amides is 2. The molecule has 1 saturated heterocycles. The van der Waals surface area contributed by atoms with Crippen molar-refractivity contribution in [3.05, 3.63) is 58.0 Å². The summed E-state index contributed by atoms with van der Waals surface area (Å²) in [5.41, 5.74) is 3.81. The molecule has 2 aromatic carbocycles. The molecule has 2 amide bonds. The van der Waals surface area contributed by atoms with Crippen LogP contribution in [0.4, 0.5) is 5.69 Å². The minimum atomic E-state index is -0.259. The maximum atomic E-state index is 13.1. The van der Waals surface area contributed by atoms with Crippen molar-refractivity contribution in [3.63, 3.8) is 0 Å². The molecule has 1 aliphatic heterocycles. The molecular weight excluding hydrogens is 480 g/mol. The third-order valence-electron chi connectivity index (χ3n) is 6.40. The minimum absolute atomic E-state index is 0.0193. The van der Waals surface area contributed by atoms with Gasteiger partial charge in [-0.15, -0.1) is 0 Å². The Hall–Kier alpha value is -2.84. The molecule has 8 heteroatoms. The van der Waals surface area contributed by atoms with E-state index in [2.05, 4.69) is 5.32 Å². The molecule has 2 aliphatic rings. The van der Waals surface area contributed by atoms with Gasteiger partial charge in [0, 0.05) is 11.7 Å². The first-order valence-electron chi connectivity index (χ1n) is 11.8. The lowest BCUT2D eigenvalue weighted by atomic mass is 9.94. The zero-order valence-corrected chi connectivity index (χ0v) is 21.9. The molecule has 2 aromatic rings. The van der Waals surface area contributed by atoms with E-state index >= 15 is 0 Å². The number of anilines is 1. The fraction of sp³-hybridized carbons (Fsp3) is 0.370. The molecule has 1 saturated carbocycles. The SMILES string of the molecule is COc1cc(/C=C2\SC(=S)N(C3CCCCC3)C2=O)ccc1OCC(=O)Nc1ccc(C)c(C)c1. The van der Waals surface area contributed by atoms with E-state index < -0.39 is 0 Å². The largest absolute Gasteiger partial charge is 0.493 e. The molecule has 4 rings (SSSR count). The number of benzene rings is 2. The number of nitrogens with one attached hydrogen (secondary N) is 1. The molecule has 0 spiro atoms. The molecule has 1 heterocycles. The predicted molar refractivity (Wildman–Crippen MR) is 145 cm³/mol. The van der Waals surface area contributed by atoms with Gasteiger partial charge in [-0.1, -0.05) is 55.4 Å². The Morgan fingerprint density at radius 1 is 1.11 bits per heavy atom. The van der Waals surface area contributed by atoms with Crippen molar-refractivity contribution in [1.82, 2.24) is 4.90 Å². The maximum Gasteiger partial charge on any atom is 0.266 e. The molecule has 0 unspecified atom stereocenters.